The molecule has 0 saturated heterocycles. The van der Waals surface area contributed by atoms with E-state index in [0.717, 1.165) is 11.3 Å². The van der Waals surface area contributed by atoms with Gasteiger partial charge in [-0.2, -0.15) is 0 Å². The number of anilines is 1. The SMILES string of the molecule is COCCNC(=O)[C@@H]1COc2ccc(NC(=O)c3ccccc3)cc2C1. The molecule has 0 bridgehead atoms. The summed E-state index contributed by atoms with van der Waals surface area (Å²) in [7, 11) is 1.59. The fourth-order valence-electron chi connectivity index (χ4n) is 2.85. The van der Waals surface area contributed by atoms with E-state index in [1.165, 1.54) is 0 Å². The summed E-state index contributed by atoms with van der Waals surface area (Å²) < 4.78 is 10.6. The lowest BCUT2D eigenvalue weighted by atomic mass is 9.95. The summed E-state index contributed by atoms with van der Waals surface area (Å²) in [5.41, 5.74) is 2.19. The molecule has 0 radical (unpaired) electrons. The molecule has 0 aliphatic carbocycles. The molecule has 1 heterocycles. The number of fused-ring (bicyclic) bond motifs is 1. The Labute approximate surface area is 152 Å². The number of hydrogen-bond acceptors (Lipinski definition) is 4. The van der Waals surface area contributed by atoms with Crippen LogP contribution in [0.1, 0.15) is 15.9 Å². The Kier molecular flexibility index (Phi) is 5.86. The average molecular weight is 354 g/mol. The summed E-state index contributed by atoms with van der Waals surface area (Å²) in [6.45, 7) is 1.30. The van der Waals surface area contributed by atoms with Crippen LogP contribution < -0.4 is 15.4 Å². The summed E-state index contributed by atoms with van der Waals surface area (Å²) in [4.78, 5) is 24.5. The van der Waals surface area contributed by atoms with E-state index in [9.17, 15) is 9.59 Å². The van der Waals surface area contributed by atoms with Crippen molar-refractivity contribution in [3.63, 3.8) is 0 Å². The van der Waals surface area contributed by atoms with Crippen LogP contribution in [0.25, 0.3) is 0 Å². The highest BCUT2D eigenvalue weighted by atomic mass is 16.5. The standard InChI is InChI=1S/C20H22N2O4/c1-25-10-9-21-19(23)16-11-15-12-17(7-8-18(15)26-13-16)22-20(24)14-5-3-2-4-6-14/h2-8,12,16H,9-11,13H2,1H3,(H,21,23)(H,22,24)/t16-/m0/s1. The Morgan fingerprint density at radius 3 is 2.77 bits per heavy atom. The maximum absolute atomic E-state index is 12.3. The maximum Gasteiger partial charge on any atom is 0.255 e. The van der Waals surface area contributed by atoms with Gasteiger partial charge in [-0.05, 0) is 42.3 Å². The van der Waals surface area contributed by atoms with Crippen LogP contribution in [0.5, 0.6) is 5.75 Å². The van der Waals surface area contributed by atoms with Gasteiger partial charge in [0.1, 0.15) is 12.4 Å². The first-order valence-electron chi connectivity index (χ1n) is 8.56. The van der Waals surface area contributed by atoms with Gasteiger partial charge in [-0.25, -0.2) is 0 Å². The third kappa shape index (κ3) is 4.40. The summed E-state index contributed by atoms with van der Waals surface area (Å²) in [5.74, 6) is 0.283. The van der Waals surface area contributed by atoms with Gasteiger partial charge in [0.05, 0.1) is 12.5 Å². The van der Waals surface area contributed by atoms with Crippen LogP contribution in [0.15, 0.2) is 48.5 Å². The highest BCUT2D eigenvalue weighted by Gasteiger charge is 2.26. The monoisotopic (exact) mass is 354 g/mol. The topological polar surface area (TPSA) is 76.7 Å². The Balaban J connectivity index is 1.65. The number of amides is 2. The molecule has 2 aromatic rings. The molecule has 136 valence electrons. The molecule has 2 amide bonds. The number of methoxy groups -OCH3 is 1. The van der Waals surface area contributed by atoms with E-state index in [2.05, 4.69) is 10.6 Å². The number of carbonyl (C=O) groups excluding carboxylic acids is 2. The number of carbonyl (C=O) groups is 2. The molecule has 0 unspecified atom stereocenters. The molecule has 2 aromatic carbocycles. The summed E-state index contributed by atoms with van der Waals surface area (Å²) in [6, 6.07) is 14.5. The largest absolute Gasteiger partial charge is 0.492 e. The van der Waals surface area contributed by atoms with Crippen LogP contribution in [0, 0.1) is 5.92 Å². The van der Waals surface area contributed by atoms with Gasteiger partial charge in [0, 0.05) is 24.9 Å². The van der Waals surface area contributed by atoms with Gasteiger partial charge >= 0.3 is 0 Å². The second kappa shape index (κ2) is 8.49. The van der Waals surface area contributed by atoms with Crippen molar-refractivity contribution in [3.8, 4) is 5.75 Å². The zero-order chi connectivity index (χ0) is 18.4. The van der Waals surface area contributed by atoms with E-state index < -0.39 is 0 Å². The van der Waals surface area contributed by atoms with Gasteiger partial charge in [0.25, 0.3) is 5.91 Å². The predicted octanol–water partition coefficient (Wildman–Crippen LogP) is 2.25. The molecule has 6 nitrogen and oxygen atoms in total. The van der Waals surface area contributed by atoms with E-state index >= 15 is 0 Å². The van der Waals surface area contributed by atoms with Gasteiger partial charge in [-0.3, -0.25) is 9.59 Å². The smallest absolute Gasteiger partial charge is 0.255 e. The minimum absolute atomic E-state index is 0.0496. The molecule has 1 atom stereocenters. The Morgan fingerprint density at radius 2 is 2.00 bits per heavy atom. The first kappa shape index (κ1) is 17.9. The van der Waals surface area contributed by atoms with Crippen molar-refractivity contribution in [1.29, 1.82) is 0 Å². The lowest BCUT2D eigenvalue weighted by Crippen LogP contribution is -2.38. The fourth-order valence-corrected chi connectivity index (χ4v) is 2.85. The first-order chi connectivity index (χ1) is 12.7. The number of ether oxygens (including phenoxy) is 2. The fraction of sp³-hybridized carbons (Fsp3) is 0.300. The molecule has 3 rings (SSSR count). The molecule has 26 heavy (non-hydrogen) atoms. The van der Waals surface area contributed by atoms with E-state index in [-0.39, 0.29) is 17.7 Å². The quantitative estimate of drug-likeness (QED) is 0.780. The number of hydrogen-bond donors (Lipinski definition) is 2. The molecule has 1 aliphatic rings. The van der Waals surface area contributed by atoms with Crippen molar-refractivity contribution in [2.45, 2.75) is 6.42 Å². The van der Waals surface area contributed by atoms with Crippen LogP contribution in [0.3, 0.4) is 0 Å². The van der Waals surface area contributed by atoms with Crippen LogP contribution in [0.2, 0.25) is 0 Å². The Morgan fingerprint density at radius 1 is 1.19 bits per heavy atom. The third-order valence-electron chi connectivity index (χ3n) is 4.24. The molecule has 0 spiro atoms. The molecule has 0 saturated carbocycles. The molecular formula is C20H22N2O4. The molecule has 1 aliphatic heterocycles. The Bertz CT molecular complexity index is 777. The molecular weight excluding hydrogens is 332 g/mol. The Hall–Kier alpha value is -2.86. The summed E-state index contributed by atoms with van der Waals surface area (Å²) in [5, 5.41) is 5.72. The third-order valence-corrected chi connectivity index (χ3v) is 4.24. The second-order valence-electron chi connectivity index (χ2n) is 6.14. The van der Waals surface area contributed by atoms with Crippen molar-refractivity contribution < 1.29 is 19.1 Å². The van der Waals surface area contributed by atoms with Crippen molar-refractivity contribution >= 4 is 17.5 Å². The predicted molar refractivity (Wildman–Crippen MR) is 98.4 cm³/mol. The van der Waals surface area contributed by atoms with Crippen LogP contribution in [-0.2, 0) is 16.0 Å². The average Bonchev–Trinajstić information content (AvgIpc) is 2.68. The van der Waals surface area contributed by atoms with Gasteiger partial charge in [0.15, 0.2) is 0 Å². The normalized spacial score (nSPS) is 15.5. The zero-order valence-corrected chi connectivity index (χ0v) is 14.7. The van der Waals surface area contributed by atoms with Crippen LogP contribution in [0.4, 0.5) is 5.69 Å². The van der Waals surface area contributed by atoms with E-state index in [4.69, 9.17) is 9.47 Å². The summed E-state index contributed by atoms with van der Waals surface area (Å²) in [6.07, 6.45) is 0.573. The number of rotatable bonds is 6. The molecule has 2 N–H and O–H groups in total. The lowest BCUT2D eigenvalue weighted by Gasteiger charge is -2.25. The highest BCUT2D eigenvalue weighted by molar-refractivity contribution is 6.04. The van der Waals surface area contributed by atoms with Crippen molar-refractivity contribution in [3.05, 3.63) is 59.7 Å². The van der Waals surface area contributed by atoms with E-state index in [1.54, 1.807) is 25.3 Å². The minimum atomic E-state index is -0.251. The van der Waals surface area contributed by atoms with Crippen molar-refractivity contribution in [2.75, 3.05) is 32.2 Å². The number of benzene rings is 2. The van der Waals surface area contributed by atoms with Crippen molar-refractivity contribution in [1.82, 2.24) is 5.32 Å². The maximum atomic E-state index is 12.3. The highest BCUT2D eigenvalue weighted by Crippen LogP contribution is 2.30. The van der Waals surface area contributed by atoms with Crippen LogP contribution >= 0.6 is 0 Å². The zero-order valence-electron chi connectivity index (χ0n) is 14.7. The lowest BCUT2D eigenvalue weighted by molar-refractivity contribution is -0.126. The minimum Gasteiger partial charge on any atom is -0.492 e. The molecule has 0 aromatic heterocycles. The summed E-state index contributed by atoms with van der Waals surface area (Å²) >= 11 is 0. The van der Waals surface area contributed by atoms with E-state index in [1.807, 2.05) is 30.3 Å². The van der Waals surface area contributed by atoms with Gasteiger partial charge < -0.3 is 20.1 Å². The first-order valence-corrected chi connectivity index (χ1v) is 8.56. The van der Waals surface area contributed by atoms with Gasteiger partial charge in [-0.1, -0.05) is 18.2 Å². The van der Waals surface area contributed by atoms with Crippen LogP contribution in [-0.4, -0.2) is 38.7 Å². The molecule has 6 heteroatoms. The van der Waals surface area contributed by atoms with Gasteiger partial charge in [0.2, 0.25) is 5.91 Å². The molecule has 0 fully saturated rings. The number of nitrogens with one attached hydrogen (secondary N) is 2. The second-order valence-corrected chi connectivity index (χ2v) is 6.14. The van der Waals surface area contributed by atoms with Crippen molar-refractivity contribution in [2.24, 2.45) is 5.92 Å². The van der Waals surface area contributed by atoms with E-state index in [0.29, 0.717) is 37.4 Å². The van der Waals surface area contributed by atoms with Gasteiger partial charge in [-0.15, -0.1) is 0 Å².